The van der Waals surface area contributed by atoms with Crippen molar-refractivity contribution in [3.63, 3.8) is 0 Å². The van der Waals surface area contributed by atoms with Crippen molar-refractivity contribution in [2.75, 3.05) is 7.05 Å². The maximum absolute atomic E-state index is 13.1. The lowest BCUT2D eigenvalue weighted by atomic mass is 10.1. The summed E-state index contributed by atoms with van der Waals surface area (Å²) in [4.78, 5) is 11.7. The minimum absolute atomic E-state index is 0.110. The molecule has 1 atom stereocenters. The minimum Gasteiger partial charge on any atom is -0.350 e. The third kappa shape index (κ3) is 3.64. The third-order valence-corrected chi connectivity index (χ3v) is 7.12. The average Bonchev–Trinajstić information content (AvgIpc) is 3.09. The first kappa shape index (κ1) is 19.6. The van der Waals surface area contributed by atoms with Crippen molar-refractivity contribution in [1.82, 2.24) is 19.4 Å². The van der Waals surface area contributed by atoms with Gasteiger partial charge < -0.3 is 5.32 Å². The number of carbonyl (C=O) groups excluding carboxylic acids is 1. The fourth-order valence-electron chi connectivity index (χ4n) is 3.67. The maximum Gasteiger partial charge on any atom is 0.243 e. The highest BCUT2D eigenvalue weighted by atomic mass is 32.2. The molecule has 0 bridgehead atoms. The predicted molar refractivity (Wildman–Crippen MR) is 103 cm³/mol. The SMILES string of the molecule is CC(=O)N[C@@H]1CCc2ccc(S(=O)(=O)N(C)Cc3c(C)nn(C)c3C)cc21. The summed E-state index contributed by atoms with van der Waals surface area (Å²) < 4.78 is 29.3. The molecule has 0 saturated heterocycles. The summed E-state index contributed by atoms with van der Waals surface area (Å²) in [7, 11) is -0.218. The summed E-state index contributed by atoms with van der Waals surface area (Å²) in [6, 6.07) is 5.10. The quantitative estimate of drug-likeness (QED) is 0.846. The van der Waals surface area contributed by atoms with Crippen molar-refractivity contribution in [3.05, 3.63) is 46.3 Å². The van der Waals surface area contributed by atoms with Crippen molar-refractivity contribution < 1.29 is 13.2 Å². The summed E-state index contributed by atoms with van der Waals surface area (Å²) in [6.45, 7) is 5.56. The van der Waals surface area contributed by atoms with Gasteiger partial charge in [-0.05, 0) is 49.9 Å². The number of sulfonamides is 1. The molecule has 0 aliphatic heterocycles. The van der Waals surface area contributed by atoms with Gasteiger partial charge >= 0.3 is 0 Å². The van der Waals surface area contributed by atoms with E-state index in [-0.39, 0.29) is 23.4 Å². The monoisotopic (exact) mass is 390 g/mol. The number of fused-ring (bicyclic) bond motifs is 1. The van der Waals surface area contributed by atoms with Crippen LogP contribution in [0.3, 0.4) is 0 Å². The van der Waals surface area contributed by atoms with Gasteiger partial charge in [0.2, 0.25) is 15.9 Å². The Bertz CT molecular complexity index is 995. The zero-order valence-electron chi connectivity index (χ0n) is 16.4. The molecule has 0 fully saturated rings. The van der Waals surface area contributed by atoms with Crippen molar-refractivity contribution in [2.24, 2.45) is 7.05 Å². The van der Waals surface area contributed by atoms with E-state index in [1.165, 1.54) is 11.2 Å². The number of hydrogen-bond donors (Lipinski definition) is 1. The van der Waals surface area contributed by atoms with Gasteiger partial charge in [-0.1, -0.05) is 6.07 Å². The zero-order valence-corrected chi connectivity index (χ0v) is 17.2. The highest BCUT2D eigenvalue weighted by Gasteiger charge is 2.28. The molecule has 1 aromatic carbocycles. The number of aromatic nitrogens is 2. The molecule has 0 spiro atoms. The topological polar surface area (TPSA) is 84.3 Å². The Labute approximate surface area is 160 Å². The second-order valence-electron chi connectivity index (χ2n) is 7.19. The fraction of sp³-hybridized carbons (Fsp3) is 0.474. The van der Waals surface area contributed by atoms with Crippen LogP contribution in [0.15, 0.2) is 23.1 Å². The molecule has 27 heavy (non-hydrogen) atoms. The van der Waals surface area contributed by atoms with E-state index < -0.39 is 10.0 Å². The average molecular weight is 391 g/mol. The molecule has 146 valence electrons. The summed E-state index contributed by atoms with van der Waals surface area (Å²) >= 11 is 0. The molecule has 2 aromatic rings. The normalized spacial score (nSPS) is 16.6. The van der Waals surface area contributed by atoms with Crippen LogP contribution in [0.1, 0.15) is 47.5 Å². The van der Waals surface area contributed by atoms with Gasteiger partial charge in [-0.2, -0.15) is 9.40 Å². The first-order valence-electron chi connectivity index (χ1n) is 8.96. The van der Waals surface area contributed by atoms with Gasteiger partial charge in [-0.15, -0.1) is 0 Å². The number of hydrogen-bond acceptors (Lipinski definition) is 4. The minimum atomic E-state index is -3.65. The number of carbonyl (C=O) groups is 1. The van der Waals surface area contributed by atoms with Gasteiger partial charge in [0.1, 0.15) is 0 Å². The Morgan fingerprint density at radius 3 is 2.67 bits per heavy atom. The fourth-order valence-corrected chi connectivity index (χ4v) is 4.84. The van der Waals surface area contributed by atoms with E-state index in [4.69, 9.17) is 0 Å². The number of rotatable bonds is 5. The standard InChI is InChI=1S/C19H26N4O3S/c1-12-18(13(2)23(5)21-12)11-22(4)27(25,26)16-8-6-15-7-9-19(17(15)10-16)20-14(3)24/h6,8,10,19H,7,9,11H2,1-5H3,(H,20,24)/t19-/m1/s1. The molecule has 1 amide bonds. The van der Waals surface area contributed by atoms with Crippen LogP contribution >= 0.6 is 0 Å². The van der Waals surface area contributed by atoms with Crippen LogP contribution in [0.2, 0.25) is 0 Å². The van der Waals surface area contributed by atoms with Gasteiger partial charge in [-0.3, -0.25) is 9.48 Å². The summed E-state index contributed by atoms with van der Waals surface area (Å²) in [6.07, 6.45) is 1.63. The van der Waals surface area contributed by atoms with E-state index in [1.54, 1.807) is 23.9 Å². The van der Waals surface area contributed by atoms with Gasteiger partial charge in [0.25, 0.3) is 0 Å². The van der Waals surface area contributed by atoms with Crippen molar-refractivity contribution in [3.8, 4) is 0 Å². The smallest absolute Gasteiger partial charge is 0.243 e. The number of nitrogens with zero attached hydrogens (tertiary/aromatic N) is 3. The molecule has 1 aromatic heterocycles. The molecule has 1 N–H and O–H groups in total. The molecule has 1 heterocycles. The molecule has 7 nitrogen and oxygen atoms in total. The van der Waals surface area contributed by atoms with Crippen LogP contribution in [0.5, 0.6) is 0 Å². The molecular weight excluding hydrogens is 364 g/mol. The van der Waals surface area contributed by atoms with E-state index in [1.807, 2.05) is 27.0 Å². The van der Waals surface area contributed by atoms with E-state index in [0.29, 0.717) is 0 Å². The molecule has 0 radical (unpaired) electrons. The maximum atomic E-state index is 13.1. The Morgan fingerprint density at radius 1 is 1.37 bits per heavy atom. The van der Waals surface area contributed by atoms with Crippen LogP contribution in [0.4, 0.5) is 0 Å². The van der Waals surface area contributed by atoms with E-state index >= 15 is 0 Å². The summed E-state index contributed by atoms with van der Waals surface area (Å²) in [5.74, 6) is -0.110. The first-order valence-corrected chi connectivity index (χ1v) is 10.4. The van der Waals surface area contributed by atoms with Crippen LogP contribution in [0.25, 0.3) is 0 Å². The van der Waals surface area contributed by atoms with Crippen LogP contribution in [-0.4, -0.2) is 35.5 Å². The predicted octanol–water partition coefficient (Wildman–Crippen LogP) is 1.98. The Balaban J connectivity index is 1.90. The highest BCUT2D eigenvalue weighted by molar-refractivity contribution is 7.89. The Kier molecular flexibility index (Phi) is 5.14. The van der Waals surface area contributed by atoms with E-state index in [2.05, 4.69) is 10.4 Å². The van der Waals surface area contributed by atoms with Gasteiger partial charge in [0, 0.05) is 38.8 Å². The molecule has 1 aliphatic rings. The Hall–Kier alpha value is -2.19. The lowest BCUT2D eigenvalue weighted by Gasteiger charge is -2.19. The first-order chi connectivity index (χ1) is 12.6. The Morgan fingerprint density at radius 2 is 2.07 bits per heavy atom. The zero-order chi connectivity index (χ0) is 19.9. The van der Waals surface area contributed by atoms with E-state index in [0.717, 1.165) is 40.9 Å². The molecular formula is C19H26N4O3S. The van der Waals surface area contributed by atoms with Gasteiger partial charge in [0.15, 0.2) is 0 Å². The molecule has 1 aliphatic carbocycles. The second kappa shape index (κ2) is 7.09. The molecule has 3 rings (SSSR count). The van der Waals surface area contributed by atoms with E-state index in [9.17, 15) is 13.2 Å². The van der Waals surface area contributed by atoms with Gasteiger partial charge in [0.05, 0.1) is 16.6 Å². The largest absolute Gasteiger partial charge is 0.350 e. The van der Waals surface area contributed by atoms with Gasteiger partial charge in [-0.25, -0.2) is 8.42 Å². The van der Waals surface area contributed by atoms with Crippen molar-refractivity contribution in [1.29, 1.82) is 0 Å². The summed E-state index contributed by atoms with van der Waals surface area (Å²) in [5, 5.41) is 7.26. The highest BCUT2D eigenvalue weighted by Crippen LogP contribution is 2.33. The summed E-state index contributed by atoms with van der Waals surface area (Å²) in [5.41, 5.74) is 4.69. The number of aryl methyl sites for hydroxylation is 3. The number of amides is 1. The number of nitrogens with one attached hydrogen (secondary N) is 1. The van der Waals surface area contributed by atoms with Crippen LogP contribution in [0, 0.1) is 13.8 Å². The molecule has 8 heteroatoms. The van der Waals surface area contributed by atoms with Crippen molar-refractivity contribution in [2.45, 2.75) is 51.1 Å². The third-order valence-electron chi connectivity index (χ3n) is 5.32. The van der Waals surface area contributed by atoms with Crippen LogP contribution < -0.4 is 5.32 Å². The van der Waals surface area contributed by atoms with Crippen molar-refractivity contribution >= 4 is 15.9 Å². The number of benzene rings is 1. The lowest BCUT2D eigenvalue weighted by Crippen LogP contribution is -2.28. The molecule has 0 unspecified atom stereocenters. The lowest BCUT2D eigenvalue weighted by molar-refractivity contribution is -0.119. The van der Waals surface area contributed by atoms with Crippen LogP contribution in [-0.2, 0) is 34.8 Å². The second-order valence-corrected chi connectivity index (χ2v) is 9.23. The molecule has 0 saturated carbocycles.